The molecule has 94 valence electrons. The van der Waals surface area contributed by atoms with Gasteiger partial charge in [0.25, 0.3) is 0 Å². The quantitative estimate of drug-likeness (QED) is 0.640. The van der Waals surface area contributed by atoms with Crippen LogP contribution in [0.15, 0.2) is 48.5 Å². The standard InChI is InChI=1S/C15H18N2O/c1-11-8-9-14(18-2)13(10-11)15(17-16)12-6-4-3-5-7-12/h3-10,15,17H,16H2,1-2H3. The Bertz CT molecular complexity index is 511. The van der Waals surface area contributed by atoms with E-state index in [2.05, 4.69) is 18.4 Å². The number of benzene rings is 2. The van der Waals surface area contributed by atoms with Gasteiger partial charge in [-0.2, -0.15) is 0 Å². The number of methoxy groups -OCH3 is 1. The van der Waals surface area contributed by atoms with Crippen molar-refractivity contribution in [2.24, 2.45) is 5.84 Å². The van der Waals surface area contributed by atoms with Gasteiger partial charge in [0.2, 0.25) is 0 Å². The molecule has 0 heterocycles. The average molecular weight is 242 g/mol. The van der Waals surface area contributed by atoms with Gasteiger partial charge in [-0.1, -0.05) is 48.0 Å². The van der Waals surface area contributed by atoms with Gasteiger partial charge in [-0.15, -0.1) is 0 Å². The third-order valence-electron chi connectivity index (χ3n) is 3.00. The Morgan fingerprint density at radius 2 is 1.83 bits per heavy atom. The van der Waals surface area contributed by atoms with Gasteiger partial charge in [0.15, 0.2) is 0 Å². The van der Waals surface area contributed by atoms with Crippen molar-refractivity contribution in [3.05, 3.63) is 65.2 Å². The lowest BCUT2D eigenvalue weighted by Gasteiger charge is -2.20. The van der Waals surface area contributed by atoms with E-state index in [9.17, 15) is 0 Å². The summed E-state index contributed by atoms with van der Waals surface area (Å²) >= 11 is 0. The highest BCUT2D eigenvalue weighted by molar-refractivity contribution is 5.43. The molecule has 0 bridgehead atoms. The lowest BCUT2D eigenvalue weighted by atomic mass is 9.97. The molecule has 0 saturated heterocycles. The third-order valence-corrected chi connectivity index (χ3v) is 3.00. The fourth-order valence-electron chi connectivity index (χ4n) is 2.09. The number of aryl methyl sites for hydroxylation is 1. The van der Waals surface area contributed by atoms with E-state index in [4.69, 9.17) is 10.6 Å². The SMILES string of the molecule is COc1ccc(C)cc1C(NN)c1ccccc1. The fourth-order valence-corrected chi connectivity index (χ4v) is 2.09. The molecule has 1 unspecified atom stereocenters. The van der Waals surface area contributed by atoms with E-state index in [0.717, 1.165) is 16.9 Å². The molecule has 0 aliphatic heterocycles. The number of hydrogen-bond acceptors (Lipinski definition) is 3. The van der Waals surface area contributed by atoms with Gasteiger partial charge in [-0.3, -0.25) is 5.84 Å². The van der Waals surface area contributed by atoms with E-state index in [0.29, 0.717) is 0 Å². The Hall–Kier alpha value is -1.84. The van der Waals surface area contributed by atoms with Crippen LogP contribution in [0.25, 0.3) is 0 Å². The molecule has 0 aromatic heterocycles. The molecular formula is C15H18N2O. The number of hydrazine groups is 1. The summed E-state index contributed by atoms with van der Waals surface area (Å²) in [6.07, 6.45) is 0. The minimum atomic E-state index is -0.0685. The lowest BCUT2D eigenvalue weighted by molar-refractivity contribution is 0.404. The molecule has 2 aromatic carbocycles. The Labute approximate surface area is 108 Å². The van der Waals surface area contributed by atoms with Crippen molar-refractivity contribution in [2.75, 3.05) is 7.11 Å². The van der Waals surface area contributed by atoms with Crippen molar-refractivity contribution in [1.29, 1.82) is 0 Å². The molecule has 0 spiro atoms. The van der Waals surface area contributed by atoms with Crippen LogP contribution >= 0.6 is 0 Å². The van der Waals surface area contributed by atoms with Gasteiger partial charge in [0.1, 0.15) is 5.75 Å². The monoisotopic (exact) mass is 242 g/mol. The predicted octanol–water partition coefficient (Wildman–Crippen LogP) is 2.56. The highest BCUT2D eigenvalue weighted by Gasteiger charge is 2.16. The van der Waals surface area contributed by atoms with E-state index >= 15 is 0 Å². The first-order valence-electron chi connectivity index (χ1n) is 5.92. The largest absolute Gasteiger partial charge is 0.496 e. The van der Waals surface area contributed by atoms with E-state index in [1.807, 2.05) is 42.5 Å². The smallest absolute Gasteiger partial charge is 0.124 e. The Balaban J connectivity index is 2.48. The fraction of sp³-hybridized carbons (Fsp3) is 0.200. The highest BCUT2D eigenvalue weighted by Crippen LogP contribution is 2.30. The molecule has 0 aliphatic carbocycles. The molecule has 3 heteroatoms. The van der Waals surface area contributed by atoms with E-state index in [-0.39, 0.29) is 6.04 Å². The van der Waals surface area contributed by atoms with Crippen molar-refractivity contribution < 1.29 is 4.74 Å². The molecule has 0 fully saturated rings. The summed E-state index contributed by atoms with van der Waals surface area (Å²) < 4.78 is 5.41. The Kier molecular flexibility index (Phi) is 3.97. The van der Waals surface area contributed by atoms with Crippen molar-refractivity contribution in [1.82, 2.24) is 5.43 Å². The molecule has 1 atom stereocenters. The molecule has 18 heavy (non-hydrogen) atoms. The zero-order chi connectivity index (χ0) is 13.0. The normalized spacial score (nSPS) is 12.2. The van der Waals surface area contributed by atoms with Crippen LogP contribution in [-0.2, 0) is 0 Å². The summed E-state index contributed by atoms with van der Waals surface area (Å²) in [5.74, 6) is 6.55. The minimum absolute atomic E-state index is 0.0685. The van der Waals surface area contributed by atoms with E-state index in [1.54, 1.807) is 7.11 Å². The molecule has 0 saturated carbocycles. The minimum Gasteiger partial charge on any atom is -0.496 e. The molecule has 0 radical (unpaired) electrons. The summed E-state index contributed by atoms with van der Waals surface area (Å²) in [4.78, 5) is 0. The van der Waals surface area contributed by atoms with Crippen molar-refractivity contribution in [3.63, 3.8) is 0 Å². The lowest BCUT2D eigenvalue weighted by Crippen LogP contribution is -2.29. The first-order chi connectivity index (χ1) is 8.76. The number of hydrogen-bond donors (Lipinski definition) is 2. The number of nitrogens with two attached hydrogens (primary N) is 1. The Morgan fingerprint density at radius 3 is 2.44 bits per heavy atom. The van der Waals surface area contributed by atoms with Crippen LogP contribution in [0.2, 0.25) is 0 Å². The summed E-state index contributed by atoms with van der Waals surface area (Å²) in [5, 5.41) is 0. The summed E-state index contributed by atoms with van der Waals surface area (Å²) in [5.41, 5.74) is 6.20. The molecule has 0 amide bonds. The number of rotatable bonds is 4. The molecule has 3 N–H and O–H groups in total. The first-order valence-corrected chi connectivity index (χ1v) is 5.92. The van der Waals surface area contributed by atoms with Gasteiger partial charge in [0, 0.05) is 5.56 Å². The second-order valence-electron chi connectivity index (χ2n) is 4.26. The van der Waals surface area contributed by atoms with Gasteiger partial charge < -0.3 is 4.74 Å². The maximum absolute atomic E-state index is 5.70. The molecule has 3 nitrogen and oxygen atoms in total. The van der Waals surface area contributed by atoms with Crippen LogP contribution < -0.4 is 16.0 Å². The zero-order valence-corrected chi connectivity index (χ0v) is 10.7. The highest BCUT2D eigenvalue weighted by atomic mass is 16.5. The predicted molar refractivity (Wildman–Crippen MR) is 73.3 cm³/mol. The zero-order valence-electron chi connectivity index (χ0n) is 10.7. The van der Waals surface area contributed by atoms with Crippen LogP contribution in [0.1, 0.15) is 22.7 Å². The van der Waals surface area contributed by atoms with Crippen LogP contribution in [0, 0.1) is 6.92 Å². The molecular weight excluding hydrogens is 224 g/mol. The Morgan fingerprint density at radius 1 is 1.11 bits per heavy atom. The van der Waals surface area contributed by atoms with Gasteiger partial charge >= 0.3 is 0 Å². The molecule has 0 aliphatic rings. The molecule has 2 rings (SSSR count). The third kappa shape index (κ3) is 2.53. The van der Waals surface area contributed by atoms with E-state index < -0.39 is 0 Å². The first kappa shape index (κ1) is 12.6. The summed E-state index contributed by atoms with van der Waals surface area (Å²) in [6, 6.07) is 16.1. The topological polar surface area (TPSA) is 47.3 Å². The van der Waals surface area contributed by atoms with E-state index in [1.165, 1.54) is 5.56 Å². The maximum atomic E-state index is 5.70. The van der Waals surface area contributed by atoms with Gasteiger partial charge in [0.05, 0.1) is 13.2 Å². The number of nitrogens with one attached hydrogen (secondary N) is 1. The second-order valence-corrected chi connectivity index (χ2v) is 4.26. The van der Waals surface area contributed by atoms with Crippen LogP contribution in [0.5, 0.6) is 5.75 Å². The van der Waals surface area contributed by atoms with Crippen molar-refractivity contribution in [3.8, 4) is 5.75 Å². The van der Waals surface area contributed by atoms with Crippen molar-refractivity contribution in [2.45, 2.75) is 13.0 Å². The number of ether oxygens (including phenoxy) is 1. The summed E-state index contributed by atoms with van der Waals surface area (Å²) in [6.45, 7) is 2.06. The van der Waals surface area contributed by atoms with Crippen molar-refractivity contribution >= 4 is 0 Å². The molecule has 2 aromatic rings. The van der Waals surface area contributed by atoms with Crippen LogP contribution in [0.4, 0.5) is 0 Å². The summed E-state index contributed by atoms with van der Waals surface area (Å²) in [7, 11) is 1.67. The maximum Gasteiger partial charge on any atom is 0.124 e. The van der Waals surface area contributed by atoms with Crippen LogP contribution in [-0.4, -0.2) is 7.11 Å². The van der Waals surface area contributed by atoms with Gasteiger partial charge in [-0.05, 0) is 18.6 Å². The van der Waals surface area contributed by atoms with Gasteiger partial charge in [-0.25, -0.2) is 5.43 Å². The average Bonchev–Trinajstić information content (AvgIpc) is 2.41. The van der Waals surface area contributed by atoms with Crippen LogP contribution in [0.3, 0.4) is 0 Å². The second kappa shape index (κ2) is 5.67.